The molecule has 0 N–H and O–H groups in total. The van der Waals surface area contributed by atoms with Gasteiger partial charge in [-0.15, -0.1) is 0 Å². The van der Waals surface area contributed by atoms with Crippen molar-refractivity contribution in [1.29, 1.82) is 0 Å². The predicted molar refractivity (Wildman–Crippen MR) is 270 cm³/mol. The lowest BCUT2D eigenvalue weighted by Gasteiger charge is -2.45. The van der Waals surface area contributed by atoms with E-state index in [1.165, 1.54) is 25.3 Å². The van der Waals surface area contributed by atoms with Crippen LogP contribution in [0.25, 0.3) is 10.8 Å². The molecule has 1 fully saturated rings. The first-order valence-corrected chi connectivity index (χ1v) is 25.2. The lowest BCUT2D eigenvalue weighted by atomic mass is 9.98. The lowest BCUT2D eigenvalue weighted by molar-refractivity contribution is -0.300. The van der Waals surface area contributed by atoms with Crippen LogP contribution in [-0.4, -0.2) is 78.2 Å². The molecular formula is C57H55F3O14S. The number of methoxy groups -OCH3 is 2. The van der Waals surface area contributed by atoms with Gasteiger partial charge in [0.2, 0.25) is 6.29 Å². The summed E-state index contributed by atoms with van der Waals surface area (Å²) in [6, 6.07) is 48.7. The summed E-state index contributed by atoms with van der Waals surface area (Å²) < 4.78 is 133. The third-order valence-electron chi connectivity index (χ3n) is 12.0. The molecule has 7 aromatic rings. The van der Waals surface area contributed by atoms with E-state index in [0.29, 0.717) is 10.9 Å². The number of alkyl halides is 3. The molecule has 0 radical (unpaired) electrons. The smallest absolute Gasteiger partial charge is 0.493 e. The first kappa shape index (κ1) is 54.2. The first-order chi connectivity index (χ1) is 36.3. The molecule has 0 aliphatic carbocycles. The number of halogens is 3. The zero-order valence-corrected chi connectivity index (χ0v) is 42.0. The normalized spacial score (nSPS) is 17.8. The Bertz CT molecular complexity index is 3060. The van der Waals surface area contributed by atoms with Gasteiger partial charge in [-0.3, -0.25) is 0 Å². The minimum absolute atomic E-state index is 0.0489. The van der Waals surface area contributed by atoms with Crippen molar-refractivity contribution >= 4 is 26.9 Å². The monoisotopic (exact) mass is 1050 g/mol. The van der Waals surface area contributed by atoms with Gasteiger partial charge in [-0.25, -0.2) is 4.79 Å². The van der Waals surface area contributed by atoms with Gasteiger partial charge in [-0.1, -0.05) is 133 Å². The Kier molecular flexibility index (Phi) is 18.4. The number of ether oxygens (including phenoxy) is 10. The van der Waals surface area contributed by atoms with Crippen LogP contribution >= 0.6 is 0 Å². The van der Waals surface area contributed by atoms with Crippen molar-refractivity contribution in [2.75, 3.05) is 27.6 Å². The number of esters is 1. The summed E-state index contributed by atoms with van der Waals surface area (Å²) in [4.78, 5) is 14.4. The maximum Gasteiger partial charge on any atom is 0.534 e. The average molecular weight is 1050 g/mol. The van der Waals surface area contributed by atoms with E-state index in [2.05, 4.69) is 4.18 Å². The molecule has 0 saturated carbocycles. The Morgan fingerprint density at radius 1 is 0.600 bits per heavy atom. The van der Waals surface area contributed by atoms with Gasteiger partial charge in [0.25, 0.3) is 0 Å². The van der Waals surface area contributed by atoms with Crippen LogP contribution in [0.3, 0.4) is 0 Å². The highest BCUT2D eigenvalue weighted by Gasteiger charge is 2.50. The Morgan fingerprint density at radius 2 is 1.15 bits per heavy atom. The van der Waals surface area contributed by atoms with Gasteiger partial charge in [0.05, 0.1) is 45.0 Å². The van der Waals surface area contributed by atoms with Crippen molar-refractivity contribution in [3.8, 4) is 28.7 Å². The van der Waals surface area contributed by atoms with Crippen LogP contribution in [0, 0.1) is 0 Å². The van der Waals surface area contributed by atoms with Crippen molar-refractivity contribution in [3.63, 3.8) is 0 Å². The molecule has 0 aromatic heterocycles. The highest BCUT2D eigenvalue weighted by Crippen LogP contribution is 2.43. The first-order valence-electron chi connectivity index (χ1n) is 23.8. The van der Waals surface area contributed by atoms with E-state index in [0.717, 1.165) is 35.4 Å². The fourth-order valence-corrected chi connectivity index (χ4v) is 8.77. The van der Waals surface area contributed by atoms with Crippen LogP contribution in [0.15, 0.2) is 164 Å². The summed E-state index contributed by atoms with van der Waals surface area (Å²) >= 11 is 0. The molecule has 8 rings (SSSR count). The van der Waals surface area contributed by atoms with Crippen molar-refractivity contribution < 1.29 is 77.9 Å². The van der Waals surface area contributed by atoms with Gasteiger partial charge in [0, 0.05) is 12.5 Å². The number of hydrogen-bond donors (Lipinski definition) is 0. The zero-order valence-electron chi connectivity index (χ0n) is 41.2. The summed E-state index contributed by atoms with van der Waals surface area (Å²) in [5.41, 5.74) is -2.68. The van der Waals surface area contributed by atoms with E-state index in [1.807, 2.05) is 128 Å². The van der Waals surface area contributed by atoms with E-state index in [-0.39, 0.29) is 68.9 Å². The molecule has 5 atom stereocenters. The standard InChI is InChI=1S/C57H55F3O14S/c1-38-51(68-34-40-19-10-5-11-20-40)53(69-35-41-21-12-6-13-22-41)54(70-36-42-23-14-7-15-24-42)56(71-38)73-48-28-27-46(44-25-16-26-47(50(44)48)67-33-39-17-8-4-9-18-39)72-55(61)45-31-43(29-30-66-37-64-2)32-49(65-3)52(45)74-75(62,63)57(58,59)60/h4-28,31-32,38,51,53-54,56H,29-30,33-37H2,1-3H3/t38-,51-,53+,54+,56-/m0/s1. The molecule has 1 aliphatic heterocycles. The van der Waals surface area contributed by atoms with E-state index in [1.54, 1.807) is 18.2 Å². The van der Waals surface area contributed by atoms with E-state index in [4.69, 9.17) is 47.4 Å². The van der Waals surface area contributed by atoms with Crippen LogP contribution in [0.4, 0.5) is 13.2 Å². The van der Waals surface area contributed by atoms with E-state index in [9.17, 15) is 26.4 Å². The highest BCUT2D eigenvalue weighted by molar-refractivity contribution is 7.88. The molecule has 0 amide bonds. The minimum atomic E-state index is -6.31. The van der Waals surface area contributed by atoms with Crippen molar-refractivity contribution in [2.45, 2.75) is 76.0 Å². The molecule has 18 heteroatoms. The Hall–Kier alpha value is -7.03. The van der Waals surface area contributed by atoms with Crippen molar-refractivity contribution in [1.82, 2.24) is 0 Å². The maximum atomic E-state index is 14.4. The molecule has 1 heterocycles. The second kappa shape index (κ2) is 25.5. The number of hydrogen-bond acceptors (Lipinski definition) is 14. The van der Waals surface area contributed by atoms with Crippen LogP contribution in [0.5, 0.6) is 28.7 Å². The van der Waals surface area contributed by atoms with Gasteiger partial charge in [0.15, 0.2) is 11.5 Å². The summed E-state index contributed by atoms with van der Waals surface area (Å²) in [6.45, 7) is 2.54. The molecule has 75 heavy (non-hydrogen) atoms. The van der Waals surface area contributed by atoms with Gasteiger partial charge >= 0.3 is 21.6 Å². The molecule has 7 aromatic carbocycles. The molecule has 394 valence electrons. The summed E-state index contributed by atoms with van der Waals surface area (Å²) in [5.74, 6) is -2.45. The summed E-state index contributed by atoms with van der Waals surface area (Å²) in [7, 11) is -3.81. The maximum absolute atomic E-state index is 14.4. The molecule has 0 spiro atoms. The van der Waals surface area contributed by atoms with Crippen LogP contribution < -0.4 is 23.1 Å². The number of benzene rings is 7. The summed E-state index contributed by atoms with van der Waals surface area (Å²) in [5, 5.41) is 0.554. The topological polar surface area (TPSA) is 153 Å². The zero-order chi connectivity index (χ0) is 52.8. The molecule has 0 bridgehead atoms. The van der Waals surface area contributed by atoms with Crippen molar-refractivity contribution in [2.24, 2.45) is 0 Å². The van der Waals surface area contributed by atoms with Gasteiger partial charge in [-0.2, -0.15) is 21.6 Å². The minimum Gasteiger partial charge on any atom is -0.493 e. The second-order valence-corrected chi connectivity index (χ2v) is 18.8. The number of carbonyl (C=O) groups is 1. The van der Waals surface area contributed by atoms with Gasteiger partial charge < -0.3 is 51.6 Å². The third-order valence-corrected chi connectivity index (χ3v) is 12.9. The van der Waals surface area contributed by atoms with Crippen LogP contribution in [-0.2, 0) is 71.4 Å². The van der Waals surface area contributed by atoms with Crippen molar-refractivity contribution in [3.05, 3.63) is 197 Å². The predicted octanol–water partition coefficient (Wildman–Crippen LogP) is 10.9. The highest BCUT2D eigenvalue weighted by atomic mass is 32.2. The van der Waals surface area contributed by atoms with E-state index < -0.39 is 69.4 Å². The second-order valence-electron chi connectivity index (χ2n) is 17.2. The molecule has 1 aliphatic rings. The largest absolute Gasteiger partial charge is 0.534 e. The molecule has 0 unspecified atom stereocenters. The SMILES string of the molecule is COCOCCc1cc(OC)c(OS(=O)(=O)C(F)(F)F)c(C(=O)Oc2ccc(O[C@@H]3O[C@@H](C)[C@H](OCc4ccccc4)[C@@H](OCc4ccccc4)[C@H]3OCc3ccccc3)c3c(OCc4ccccc4)cccc23)c1. The number of rotatable bonds is 24. The lowest BCUT2D eigenvalue weighted by Crippen LogP contribution is -2.60. The van der Waals surface area contributed by atoms with Gasteiger partial charge in [0.1, 0.15) is 54.5 Å². The fourth-order valence-electron chi connectivity index (χ4n) is 8.28. The Morgan fingerprint density at radius 3 is 1.71 bits per heavy atom. The Balaban J connectivity index is 1.20. The molecular weight excluding hydrogens is 998 g/mol. The summed E-state index contributed by atoms with van der Waals surface area (Å²) in [6.07, 6.45) is -4.08. The molecule has 1 saturated heterocycles. The Labute approximate surface area is 432 Å². The van der Waals surface area contributed by atoms with Crippen LogP contribution in [0.1, 0.15) is 45.1 Å². The number of carbonyl (C=O) groups excluding carboxylic acids is 1. The van der Waals surface area contributed by atoms with E-state index >= 15 is 0 Å². The number of fused-ring (bicyclic) bond motifs is 1. The van der Waals surface area contributed by atoms with Gasteiger partial charge in [-0.05, 0) is 71.5 Å². The van der Waals surface area contributed by atoms with Crippen LogP contribution in [0.2, 0.25) is 0 Å². The average Bonchev–Trinajstić information content (AvgIpc) is 3.41. The quantitative estimate of drug-likeness (QED) is 0.0141. The third kappa shape index (κ3) is 14.0. The fraction of sp³-hybridized carbons (Fsp3) is 0.281. The molecule has 14 nitrogen and oxygen atoms in total.